The van der Waals surface area contributed by atoms with Crippen LogP contribution in [0.2, 0.25) is 0 Å². The molecule has 172 valence electrons. The predicted octanol–water partition coefficient (Wildman–Crippen LogP) is 3.53. The van der Waals surface area contributed by atoms with E-state index in [1.54, 1.807) is 18.2 Å². The third-order valence-corrected chi connectivity index (χ3v) is 5.95. The summed E-state index contributed by atoms with van der Waals surface area (Å²) in [5, 5.41) is 8.47. The highest BCUT2D eigenvalue weighted by Gasteiger charge is 2.18. The number of hydrogen-bond donors (Lipinski definition) is 1. The number of anilines is 1. The van der Waals surface area contributed by atoms with Crippen molar-refractivity contribution in [1.82, 2.24) is 14.7 Å². The zero-order valence-corrected chi connectivity index (χ0v) is 18.8. The average molecular weight is 455 g/mol. The van der Waals surface area contributed by atoms with Gasteiger partial charge < -0.3 is 10.1 Å². The molecule has 1 fully saturated rings. The molecule has 0 spiro atoms. The molecule has 7 nitrogen and oxygen atoms in total. The van der Waals surface area contributed by atoms with Crippen molar-refractivity contribution in [2.45, 2.75) is 13.1 Å². The molecule has 3 aromatic carbocycles. The number of carbonyl (C=O) groups is 1. The molecule has 0 saturated carbocycles. The van der Waals surface area contributed by atoms with Gasteiger partial charge >= 0.3 is 0 Å². The summed E-state index contributed by atoms with van der Waals surface area (Å²) in [5.74, 6) is -0.346. The van der Waals surface area contributed by atoms with E-state index in [0.29, 0.717) is 23.0 Å². The van der Waals surface area contributed by atoms with Crippen molar-refractivity contribution in [2.75, 3.05) is 31.6 Å². The van der Waals surface area contributed by atoms with Crippen LogP contribution in [0.15, 0.2) is 83.7 Å². The minimum atomic E-state index is -0.346. The van der Waals surface area contributed by atoms with E-state index in [9.17, 15) is 9.59 Å². The fraction of sp³-hybridized carbons (Fsp3) is 0.222. The number of amides is 1. The van der Waals surface area contributed by atoms with Crippen molar-refractivity contribution in [2.24, 2.45) is 0 Å². The van der Waals surface area contributed by atoms with Crippen molar-refractivity contribution < 1.29 is 9.53 Å². The molecule has 4 aromatic rings. The molecule has 34 heavy (non-hydrogen) atoms. The molecule has 1 aromatic heterocycles. The number of rotatable bonds is 6. The number of nitrogens with one attached hydrogen (secondary N) is 1. The second-order valence-electron chi connectivity index (χ2n) is 8.39. The first-order valence-electron chi connectivity index (χ1n) is 11.4. The molecule has 5 rings (SSSR count). The third-order valence-electron chi connectivity index (χ3n) is 5.95. The second kappa shape index (κ2) is 9.99. The summed E-state index contributed by atoms with van der Waals surface area (Å²) in [4.78, 5) is 28.7. The van der Waals surface area contributed by atoms with Crippen LogP contribution < -0.4 is 10.9 Å². The maximum atomic E-state index is 13.3. The van der Waals surface area contributed by atoms with Crippen LogP contribution in [0.5, 0.6) is 0 Å². The fourth-order valence-electron chi connectivity index (χ4n) is 4.22. The standard InChI is InChI=1S/C27H26N4O3/c32-26(28-22-10-6-9-21(17-22)18-30-13-15-34-16-14-30)25-23-11-4-5-12-24(23)27(33)31(29-25)19-20-7-2-1-3-8-20/h1-12,17H,13-16,18-19H2,(H,28,32). The Morgan fingerprint density at radius 3 is 2.35 bits per heavy atom. The highest BCUT2D eigenvalue weighted by molar-refractivity contribution is 6.11. The molecular formula is C27H26N4O3. The van der Waals surface area contributed by atoms with Crippen molar-refractivity contribution in [3.8, 4) is 0 Å². The summed E-state index contributed by atoms with van der Waals surface area (Å²) in [6.45, 7) is 4.38. The number of ether oxygens (including phenoxy) is 1. The Morgan fingerprint density at radius 2 is 1.56 bits per heavy atom. The average Bonchev–Trinajstić information content (AvgIpc) is 2.87. The molecule has 1 saturated heterocycles. The minimum absolute atomic E-state index is 0.219. The second-order valence-corrected chi connectivity index (χ2v) is 8.39. The lowest BCUT2D eigenvalue weighted by Gasteiger charge is -2.26. The van der Waals surface area contributed by atoms with Gasteiger partial charge in [0.1, 0.15) is 0 Å². The number of nitrogens with zero attached hydrogens (tertiary/aromatic N) is 3. The van der Waals surface area contributed by atoms with E-state index in [1.807, 2.05) is 54.6 Å². The van der Waals surface area contributed by atoms with Crippen molar-refractivity contribution >= 4 is 22.4 Å². The van der Waals surface area contributed by atoms with E-state index in [1.165, 1.54) is 4.68 Å². The van der Waals surface area contributed by atoms with E-state index in [4.69, 9.17) is 4.74 Å². The summed E-state index contributed by atoms with van der Waals surface area (Å²) in [6, 6.07) is 24.6. The molecule has 1 aliphatic rings. The fourth-order valence-corrected chi connectivity index (χ4v) is 4.22. The Balaban J connectivity index is 1.43. The Kier molecular flexibility index (Phi) is 6.46. The molecule has 0 atom stereocenters. The van der Waals surface area contributed by atoms with Crippen LogP contribution in [0.4, 0.5) is 5.69 Å². The SMILES string of the molecule is O=C(Nc1cccc(CN2CCOCC2)c1)c1nn(Cc2ccccc2)c(=O)c2ccccc12. The molecule has 0 aliphatic carbocycles. The summed E-state index contributed by atoms with van der Waals surface area (Å²) in [7, 11) is 0. The first-order chi connectivity index (χ1) is 16.7. The van der Waals surface area contributed by atoms with Gasteiger partial charge in [-0.2, -0.15) is 5.10 Å². The van der Waals surface area contributed by atoms with Crippen LogP contribution in [0.3, 0.4) is 0 Å². The van der Waals surface area contributed by atoms with E-state index in [-0.39, 0.29) is 17.2 Å². The predicted molar refractivity (Wildman–Crippen MR) is 132 cm³/mol. The van der Waals surface area contributed by atoms with Gasteiger partial charge in [0.25, 0.3) is 11.5 Å². The van der Waals surface area contributed by atoms with Gasteiger partial charge in [0.2, 0.25) is 0 Å². The van der Waals surface area contributed by atoms with E-state index in [2.05, 4.69) is 21.4 Å². The number of fused-ring (bicyclic) bond motifs is 1. The third kappa shape index (κ3) is 4.90. The van der Waals surface area contributed by atoms with Crippen LogP contribution >= 0.6 is 0 Å². The molecule has 1 aliphatic heterocycles. The van der Waals surface area contributed by atoms with Crippen LogP contribution in [0.1, 0.15) is 21.6 Å². The molecular weight excluding hydrogens is 428 g/mol. The lowest BCUT2D eigenvalue weighted by molar-refractivity contribution is 0.0342. The van der Waals surface area contributed by atoms with Gasteiger partial charge in [-0.15, -0.1) is 0 Å². The quantitative estimate of drug-likeness (QED) is 0.482. The van der Waals surface area contributed by atoms with Gasteiger partial charge in [-0.1, -0.05) is 60.7 Å². The van der Waals surface area contributed by atoms with Crippen LogP contribution in [0.25, 0.3) is 10.8 Å². The minimum Gasteiger partial charge on any atom is -0.379 e. The van der Waals surface area contributed by atoms with Gasteiger partial charge in [-0.05, 0) is 29.3 Å². The zero-order chi connectivity index (χ0) is 23.3. The first kappa shape index (κ1) is 22.0. The number of benzene rings is 3. The largest absolute Gasteiger partial charge is 0.379 e. The molecule has 1 amide bonds. The summed E-state index contributed by atoms with van der Waals surface area (Å²) in [5.41, 5.74) is 2.76. The Hall–Kier alpha value is -3.81. The lowest BCUT2D eigenvalue weighted by atomic mass is 10.1. The van der Waals surface area contributed by atoms with Gasteiger partial charge in [0.05, 0.1) is 25.1 Å². The van der Waals surface area contributed by atoms with Crippen LogP contribution in [0, 0.1) is 0 Å². The van der Waals surface area contributed by atoms with E-state index in [0.717, 1.165) is 44.0 Å². The highest BCUT2D eigenvalue weighted by Crippen LogP contribution is 2.18. The summed E-state index contributed by atoms with van der Waals surface area (Å²) >= 11 is 0. The topological polar surface area (TPSA) is 76.5 Å². The Morgan fingerprint density at radius 1 is 0.853 bits per heavy atom. The van der Waals surface area contributed by atoms with Gasteiger partial charge in [-0.25, -0.2) is 4.68 Å². The molecule has 7 heteroatoms. The highest BCUT2D eigenvalue weighted by atomic mass is 16.5. The maximum absolute atomic E-state index is 13.3. The summed E-state index contributed by atoms with van der Waals surface area (Å²) < 4.78 is 6.79. The lowest BCUT2D eigenvalue weighted by Crippen LogP contribution is -2.35. The number of carbonyl (C=O) groups excluding carboxylic acids is 1. The Labute approximate surface area is 197 Å². The molecule has 2 heterocycles. The number of morpholine rings is 1. The smallest absolute Gasteiger partial charge is 0.276 e. The van der Waals surface area contributed by atoms with Gasteiger partial charge in [0, 0.05) is 30.7 Å². The Bertz CT molecular complexity index is 1360. The van der Waals surface area contributed by atoms with E-state index < -0.39 is 0 Å². The number of aromatic nitrogens is 2. The van der Waals surface area contributed by atoms with Crippen molar-refractivity contribution in [3.05, 3.63) is 106 Å². The molecule has 1 N–H and O–H groups in total. The van der Waals surface area contributed by atoms with Crippen molar-refractivity contribution in [1.29, 1.82) is 0 Å². The normalized spacial score (nSPS) is 14.2. The molecule has 0 bridgehead atoms. The molecule has 0 radical (unpaired) electrons. The maximum Gasteiger partial charge on any atom is 0.276 e. The number of hydrogen-bond acceptors (Lipinski definition) is 5. The monoisotopic (exact) mass is 454 g/mol. The van der Waals surface area contributed by atoms with Gasteiger partial charge in [0.15, 0.2) is 5.69 Å². The van der Waals surface area contributed by atoms with Gasteiger partial charge in [-0.3, -0.25) is 14.5 Å². The van der Waals surface area contributed by atoms with Crippen LogP contribution in [-0.2, 0) is 17.8 Å². The summed E-state index contributed by atoms with van der Waals surface area (Å²) in [6.07, 6.45) is 0. The molecule has 0 unspecified atom stereocenters. The van der Waals surface area contributed by atoms with Crippen molar-refractivity contribution in [3.63, 3.8) is 0 Å². The first-order valence-corrected chi connectivity index (χ1v) is 11.4. The van der Waals surface area contributed by atoms with Crippen LogP contribution in [-0.4, -0.2) is 46.9 Å². The zero-order valence-electron chi connectivity index (χ0n) is 18.8. The van der Waals surface area contributed by atoms with E-state index >= 15 is 0 Å².